The van der Waals surface area contributed by atoms with Crippen LogP contribution >= 0.6 is 7.60 Å². The third-order valence-electron chi connectivity index (χ3n) is 5.71. The van der Waals surface area contributed by atoms with E-state index in [4.69, 9.17) is 23.3 Å². The summed E-state index contributed by atoms with van der Waals surface area (Å²) in [5.74, 6) is 3.04. The number of benzene rings is 4. The Hall–Kier alpha value is -4.15. The van der Waals surface area contributed by atoms with E-state index in [0.717, 1.165) is 5.56 Å². The molecule has 0 amide bonds. The predicted molar refractivity (Wildman–Crippen MR) is 139 cm³/mol. The number of hydrogen-bond donors (Lipinski definition) is 0. The Morgan fingerprint density at radius 1 is 0.667 bits per heavy atom. The maximum Gasteiger partial charge on any atom is 0.442 e. The van der Waals surface area contributed by atoms with Gasteiger partial charge in [0.1, 0.15) is 40.2 Å². The standard InChI is InChI=1S/C29H25O6P/c1-31-22-12-8-14-24(18-22)34-36(30,35-25-15-9-13-23(19-25)32-2)29-20-28(21-10-4-3-5-11-21)33-27-17-7-6-16-26(27)29/h3-20,29H,1-2H3. The maximum atomic E-state index is 14.8. The molecule has 1 aliphatic heterocycles. The van der Waals surface area contributed by atoms with Gasteiger partial charge in [-0.25, -0.2) is 4.57 Å². The molecular weight excluding hydrogens is 475 g/mol. The minimum Gasteiger partial charge on any atom is -0.497 e. The van der Waals surface area contributed by atoms with Crippen molar-refractivity contribution in [2.75, 3.05) is 14.2 Å². The van der Waals surface area contributed by atoms with E-state index in [9.17, 15) is 4.57 Å². The molecule has 4 aromatic rings. The van der Waals surface area contributed by atoms with E-state index in [2.05, 4.69) is 0 Å². The first-order valence-electron chi connectivity index (χ1n) is 11.4. The zero-order valence-electron chi connectivity index (χ0n) is 19.9. The molecule has 1 unspecified atom stereocenters. The predicted octanol–water partition coefficient (Wildman–Crippen LogP) is 7.53. The second-order valence-electron chi connectivity index (χ2n) is 8.06. The van der Waals surface area contributed by atoms with Crippen LogP contribution < -0.4 is 23.3 Å². The highest BCUT2D eigenvalue weighted by Gasteiger charge is 2.43. The molecule has 0 fully saturated rings. The van der Waals surface area contributed by atoms with Crippen molar-refractivity contribution in [2.45, 2.75) is 5.66 Å². The highest BCUT2D eigenvalue weighted by molar-refractivity contribution is 7.55. The molecule has 6 nitrogen and oxygen atoms in total. The van der Waals surface area contributed by atoms with Crippen molar-refractivity contribution in [2.24, 2.45) is 0 Å². The Kier molecular flexibility index (Phi) is 6.70. The second-order valence-corrected chi connectivity index (χ2v) is 10.1. The van der Waals surface area contributed by atoms with Gasteiger partial charge in [0.15, 0.2) is 0 Å². The van der Waals surface area contributed by atoms with Gasteiger partial charge in [-0.15, -0.1) is 0 Å². The van der Waals surface area contributed by atoms with E-state index in [1.165, 1.54) is 0 Å². The molecule has 36 heavy (non-hydrogen) atoms. The lowest BCUT2D eigenvalue weighted by Gasteiger charge is -2.30. The highest BCUT2D eigenvalue weighted by atomic mass is 31.2. The Bertz CT molecular complexity index is 1380. The van der Waals surface area contributed by atoms with Crippen LogP contribution in [0.5, 0.6) is 28.7 Å². The van der Waals surface area contributed by atoms with Crippen LogP contribution in [0, 0.1) is 0 Å². The van der Waals surface area contributed by atoms with Crippen molar-refractivity contribution in [3.63, 3.8) is 0 Å². The van der Waals surface area contributed by atoms with E-state index < -0.39 is 13.3 Å². The smallest absolute Gasteiger partial charge is 0.442 e. The molecule has 1 atom stereocenters. The Labute approximate surface area is 210 Å². The fourth-order valence-corrected chi connectivity index (χ4v) is 5.92. The van der Waals surface area contributed by atoms with E-state index in [-0.39, 0.29) is 0 Å². The van der Waals surface area contributed by atoms with Gasteiger partial charge in [0, 0.05) is 23.3 Å². The third-order valence-corrected chi connectivity index (χ3v) is 7.75. The Morgan fingerprint density at radius 3 is 1.83 bits per heavy atom. The van der Waals surface area contributed by atoms with Crippen LogP contribution in [0.25, 0.3) is 5.76 Å². The van der Waals surface area contributed by atoms with Crippen molar-refractivity contribution < 1.29 is 27.8 Å². The highest BCUT2D eigenvalue weighted by Crippen LogP contribution is 2.64. The average Bonchev–Trinajstić information content (AvgIpc) is 2.93. The quantitative estimate of drug-likeness (QED) is 0.233. The summed E-state index contributed by atoms with van der Waals surface area (Å²) in [6.45, 7) is 0. The fraction of sp³-hybridized carbons (Fsp3) is 0.103. The molecule has 0 saturated heterocycles. The van der Waals surface area contributed by atoms with Crippen LogP contribution in [-0.2, 0) is 4.57 Å². The Balaban J connectivity index is 1.64. The van der Waals surface area contributed by atoms with E-state index >= 15 is 0 Å². The van der Waals surface area contributed by atoms with Gasteiger partial charge >= 0.3 is 7.60 Å². The third kappa shape index (κ3) is 4.95. The molecule has 0 aromatic heterocycles. The number of allylic oxidation sites excluding steroid dienone is 1. The number of hydrogen-bond acceptors (Lipinski definition) is 6. The summed E-state index contributed by atoms with van der Waals surface area (Å²) in [7, 11) is -0.828. The molecule has 0 spiro atoms. The van der Waals surface area contributed by atoms with Gasteiger partial charge < -0.3 is 23.3 Å². The number of para-hydroxylation sites is 1. The topological polar surface area (TPSA) is 63.2 Å². The normalized spacial score (nSPS) is 14.6. The van der Waals surface area contributed by atoms with Crippen LogP contribution in [0.15, 0.2) is 109 Å². The molecular formula is C29H25O6P. The van der Waals surface area contributed by atoms with Gasteiger partial charge in [-0.05, 0) is 36.4 Å². The number of methoxy groups -OCH3 is 2. The summed E-state index contributed by atoms with van der Waals surface area (Å²) in [5.41, 5.74) is 0.799. The zero-order chi connectivity index (χ0) is 25.0. The first kappa shape index (κ1) is 23.6. The lowest BCUT2D eigenvalue weighted by Crippen LogP contribution is -2.15. The van der Waals surface area contributed by atoms with Gasteiger partial charge in [0.2, 0.25) is 0 Å². The minimum absolute atomic E-state index is 0.360. The number of ether oxygens (including phenoxy) is 3. The van der Waals surface area contributed by atoms with Crippen LogP contribution in [-0.4, -0.2) is 14.2 Å². The summed E-state index contributed by atoms with van der Waals surface area (Å²) in [4.78, 5) is 0. The largest absolute Gasteiger partial charge is 0.497 e. The first-order valence-corrected chi connectivity index (χ1v) is 13.0. The van der Waals surface area contributed by atoms with Gasteiger partial charge in [0.05, 0.1) is 14.2 Å². The molecule has 4 aromatic carbocycles. The molecule has 1 heterocycles. The molecule has 7 heteroatoms. The molecule has 0 radical (unpaired) electrons. The van der Waals surface area contributed by atoms with Crippen molar-refractivity contribution in [1.29, 1.82) is 0 Å². The molecule has 0 saturated carbocycles. The van der Waals surface area contributed by atoms with E-state index in [1.807, 2.05) is 54.6 Å². The van der Waals surface area contributed by atoms with Crippen molar-refractivity contribution in [3.8, 4) is 28.7 Å². The summed E-state index contributed by atoms with van der Waals surface area (Å²) >= 11 is 0. The first-order chi connectivity index (χ1) is 17.6. The minimum atomic E-state index is -3.96. The van der Waals surface area contributed by atoms with Crippen molar-refractivity contribution in [3.05, 3.63) is 120 Å². The van der Waals surface area contributed by atoms with Crippen LogP contribution in [0.2, 0.25) is 0 Å². The summed E-state index contributed by atoms with van der Waals surface area (Å²) < 4.78 is 44.1. The molecule has 0 N–H and O–H groups in total. The van der Waals surface area contributed by atoms with Crippen molar-refractivity contribution in [1.82, 2.24) is 0 Å². The van der Waals surface area contributed by atoms with Crippen LogP contribution in [0.3, 0.4) is 0 Å². The number of fused-ring (bicyclic) bond motifs is 1. The van der Waals surface area contributed by atoms with E-state index in [1.54, 1.807) is 68.8 Å². The molecule has 0 aliphatic carbocycles. The van der Waals surface area contributed by atoms with Gasteiger partial charge in [0.25, 0.3) is 0 Å². The van der Waals surface area contributed by atoms with Gasteiger partial charge in [-0.2, -0.15) is 0 Å². The lowest BCUT2D eigenvalue weighted by molar-refractivity contribution is 0.369. The molecule has 1 aliphatic rings. The van der Waals surface area contributed by atoms with Gasteiger partial charge in [-0.3, -0.25) is 0 Å². The zero-order valence-corrected chi connectivity index (χ0v) is 20.8. The number of rotatable bonds is 8. The van der Waals surface area contributed by atoms with Crippen LogP contribution in [0.1, 0.15) is 16.8 Å². The van der Waals surface area contributed by atoms with E-state index in [0.29, 0.717) is 40.1 Å². The van der Waals surface area contributed by atoms with Crippen LogP contribution in [0.4, 0.5) is 0 Å². The summed E-state index contributed by atoms with van der Waals surface area (Å²) in [6, 6.07) is 31.0. The second kappa shape index (κ2) is 10.2. The monoisotopic (exact) mass is 500 g/mol. The lowest BCUT2D eigenvalue weighted by atomic mass is 10.0. The fourth-order valence-electron chi connectivity index (χ4n) is 3.96. The summed E-state index contributed by atoms with van der Waals surface area (Å²) in [6.07, 6.45) is 1.80. The Morgan fingerprint density at radius 2 is 1.22 bits per heavy atom. The van der Waals surface area contributed by atoms with Crippen molar-refractivity contribution >= 4 is 13.4 Å². The molecule has 0 bridgehead atoms. The van der Waals surface area contributed by atoms with Gasteiger partial charge in [-0.1, -0.05) is 60.7 Å². The SMILES string of the molecule is COc1cccc(OP(=O)(Oc2cccc(OC)c2)C2C=C(c3ccccc3)Oc3ccccc32)c1. The maximum absolute atomic E-state index is 14.8. The molecule has 5 rings (SSSR count). The average molecular weight is 500 g/mol. The molecule has 182 valence electrons. The summed E-state index contributed by atoms with van der Waals surface area (Å²) in [5, 5.41) is 0.